The summed E-state index contributed by atoms with van der Waals surface area (Å²) in [5, 5.41) is 7.89. The molecule has 2 atom stereocenters. The number of rotatable bonds is 8. The van der Waals surface area contributed by atoms with E-state index in [1.54, 1.807) is 7.11 Å². The van der Waals surface area contributed by atoms with Gasteiger partial charge < -0.3 is 19.7 Å². The quantitative estimate of drug-likeness (QED) is 0.783. The maximum absolute atomic E-state index is 5.78. The highest BCUT2D eigenvalue weighted by molar-refractivity contribution is 5.28. The van der Waals surface area contributed by atoms with E-state index in [4.69, 9.17) is 9.47 Å². The number of aromatic nitrogens is 2. The summed E-state index contributed by atoms with van der Waals surface area (Å²) in [6.07, 6.45) is 5.42. The first-order valence-electron chi connectivity index (χ1n) is 7.69. The van der Waals surface area contributed by atoms with E-state index in [9.17, 15) is 0 Å². The fraction of sp³-hybridized carbons (Fsp3) is 0.800. The van der Waals surface area contributed by atoms with Gasteiger partial charge in [0.25, 0.3) is 0 Å². The maximum Gasteiger partial charge on any atom is 0.161 e. The number of hydrogen-bond donors (Lipinski definition) is 1. The fourth-order valence-electron chi connectivity index (χ4n) is 2.82. The fourth-order valence-corrected chi connectivity index (χ4v) is 2.82. The summed E-state index contributed by atoms with van der Waals surface area (Å²) in [5.74, 6) is 0.853. The van der Waals surface area contributed by atoms with Gasteiger partial charge in [-0.1, -0.05) is 0 Å². The number of methoxy groups -OCH3 is 1. The van der Waals surface area contributed by atoms with Crippen LogP contribution in [0.25, 0.3) is 0 Å². The molecule has 0 spiro atoms. The largest absolute Gasteiger partial charge is 0.493 e. The lowest BCUT2D eigenvalue weighted by Crippen LogP contribution is -2.27. The lowest BCUT2D eigenvalue weighted by molar-refractivity contribution is 0.0941. The van der Waals surface area contributed by atoms with Crippen LogP contribution >= 0.6 is 0 Å². The Labute approximate surface area is 127 Å². The molecule has 2 unspecified atom stereocenters. The number of likely N-dealkylation sites (N-methyl/N-ethyl adjacent to an activating group) is 1. The van der Waals surface area contributed by atoms with Gasteiger partial charge in [-0.3, -0.25) is 4.68 Å². The summed E-state index contributed by atoms with van der Waals surface area (Å²) < 4.78 is 13.3. The van der Waals surface area contributed by atoms with E-state index in [2.05, 4.69) is 34.1 Å². The molecule has 0 bridgehead atoms. The second-order valence-electron chi connectivity index (χ2n) is 5.84. The highest BCUT2D eigenvalue weighted by Crippen LogP contribution is 2.30. The van der Waals surface area contributed by atoms with E-state index >= 15 is 0 Å². The standard InChI is InChI=1S/C15H28N4O2/c1-16-13(10-12-6-5-9-21-12)15-14(20-4)11-17-19(15)8-7-18(2)3/h11-13,16H,5-10H2,1-4H3. The van der Waals surface area contributed by atoms with Crippen molar-refractivity contribution in [1.29, 1.82) is 0 Å². The van der Waals surface area contributed by atoms with Gasteiger partial charge in [0.05, 0.1) is 37.7 Å². The molecule has 1 aromatic heterocycles. The van der Waals surface area contributed by atoms with Crippen LogP contribution in [0.4, 0.5) is 0 Å². The third-order valence-corrected chi connectivity index (χ3v) is 4.02. The van der Waals surface area contributed by atoms with Crippen LogP contribution < -0.4 is 10.1 Å². The maximum atomic E-state index is 5.78. The third-order valence-electron chi connectivity index (χ3n) is 4.02. The van der Waals surface area contributed by atoms with Gasteiger partial charge in [0, 0.05) is 13.2 Å². The molecule has 1 fully saturated rings. The molecular weight excluding hydrogens is 268 g/mol. The second-order valence-corrected chi connectivity index (χ2v) is 5.84. The van der Waals surface area contributed by atoms with Crippen LogP contribution in [0.3, 0.4) is 0 Å². The first-order valence-corrected chi connectivity index (χ1v) is 7.69. The van der Waals surface area contributed by atoms with Gasteiger partial charge in [0.2, 0.25) is 0 Å². The Kier molecular flexibility index (Phi) is 6.02. The Balaban J connectivity index is 2.14. The van der Waals surface area contributed by atoms with Gasteiger partial charge in [0.15, 0.2) is 5.75 Å². The predicted octanol–water partition coefficient (Wildman–Crippen LogP) is 1.28. The molecule has 120 valence electrons. The molecule has 6 nitrogen and oxygen atoms in total. The van der Waals surface area contributed by atoms with Gasteiger partial charge in [0.1, 0.15) is 0 Å². The van der Waals surface area contributed by atoms with Crippen molar-refractivity contribution in [2.45, 2.75) is 38.0 Å². The molecule has 0 aliphatic carbocycles. The molecule has 1 aromatic rings. The summed E-state index contributed by atoms with van der Waals surface area (Å²) in [7, 11) is 7.84. The van der Waals surface area contributed by atoms with Gasteiger partial charge >= 0.3 is 0 Å². The van der Waals surface area contributed by atoms with Crippen LogP contribution in [-0.2, 0) is 11.3 Å². The van der Waals surface area contributed by atoms with Crippen LogP contribution in [0.1, 0.15) is 31.0 Å². The Morgan fingerprint density at radius 2 is 2.38 bits per heavy atom. The molecule has 0 radical (unpaired) electrons. The Morgan fingerprint density at radius 1 is 1.57 bits per heavy atom. The van der Waals surface area contributed by atoms with E-state index in [0.717, 1.165) is 50.4 Å². The number of nitrogens with one attached hydrogen (secondary N) is 1. The highest BCUT2D eigenvalue weighted by Gasteiger charge is 2.26. The minimum Gasteiger partial charge on any atom is -0.493 e. The van der Waals surface area contributed by atoms with Gasteiger partial charge in [-0.2, -0.15) is 5.10 Å². The van der Waals surface area contributed by atoms with Gasteiger partial charge in [-0.05, 0) is 40.4 Å². The van der Waals surface area contributed by atoms with Crippen LogP contribution in [0.5, 0.6) is 5.75 Å². The summed E-state index contributed by atoms with van der Waals surface area (Å²) in [5.41, 5.74) is 1.12. The van der Waals surface area contributed by atoms with E-state index in [1.807, 2.05) is 13.2 Å². The topological polar surface area (TPSA) is 51.5 Å². The minimum absolute atomic E-state index is 0.202. The monoisotopic (exact) mass is 296 g/mol. The normalized spacial score (nSPS) is 20.1. The minimum atomic E-state index is 0.202. The van der Waals surface area contributed by atoms with Crippen molar-refractivity contribution in [3.63, 3.8) is 0 Å². The molecule has 21 heavy (non-hydrogen) atoms. The first-order chi connectivity index (χ1) is 10.2. The SMILES string of the molecule is CNC(CC1CCCO1)c1c(OC)cnn1CCN(C)C. The Morgan fingerprint density at radius 3 is 2.95 bits per heavy atom. The average Bonchev–Trinajstić information content (AvgIpc) is 3.11. The zero-order valence-electron chi connectivity index (χ0n) is 13.6. The average molecular weight is 296 g/mol. The zero-order valence-corrected chi connectivity index (χ0v) is 13.6. The second kappa shape index (κ2) is 7.77. The molecule has 0 amide bonds. The lowest BCUT2D eigenvalue weighted by Gasteiger charge is -2.22. The molecular formula is C15H28N4O2. The third kappa shape index (κ3) is 4.18. The number of ether oxygens (including phenoxy) is 2. The Hall–Kier alpha value is -1.11. The molecule has 1 N–H and O–H groups in total. The van der Waals surface area contributed by atoms with Crippen molar-refractivity contribution in [2.75, 3.05) is 41.4 Å². The van der Waals surface area contributed by atoms with E-state index in [0.29, 0.717) is 6.10 Å². The molecule has 2 rings (SSSR count). The number of hydrogen-bond acceptors (Lipinski definition) is 5. The lowest BCUT2D eigenvalue weighted by atomic mass is 10.0. The first kappa shape index (κ1) is 16.3. The predicted molar refractivity (Wildman–Crippen MR) is 82.7 cm³/mol. The van der Waals surface area contributed by atoms with E-state index < -0.39 is 0 Å². The van der Waals surface area contributed by atoms with Crippen molar-refractivity contribution in [1.82, 2.24) is 20.0 Å². The highest BCUT2D eigenvalue weighted by atomic mass is 16.5. The zero-order chi connectivity index (χ0) is 15.2. The van der Waals surface area contributed by atoms with Crippen LogP contribution in [0.15, 0.2) is 6.20 Å². The summed E-state index contributed by atoms with van der Waals surface area (Å²) >= 11 is 0. The molecule has 0 aromatic carbocycles. The van der Waals surface area contributed by atoms with E-state index in [-0.39, 0.29) is 6.04 Å². The summed E-state index contributed by atoms with van der Waals surface area (Å²) in [4.78, 5) is 2.16. The van der Waals surface area contributed by atoms with Crippen LogP contribution in [0.2, 0.25) is 0 Å². The molecule has 1 saturated heterocycles. The molecule has 0 saturated carbocycles. The molecule has 1 aliphatic rings. The van der Waals surface area contributed by atoms with Crippen LogP contribution in [0, 0.1) is 0 Å². The van der Waals surface area contributed by atoms with Crippen molar-refractivity contribution in [3.05, 3.63) is 11.9 Å². The number of nitrogens with zero attached hydrogens (tertiary/aromatic N) is 3. The Bertz CT molecular complexity index is 427. The molecule has 6 heteroatoms. The van der Waals surface area contributed by atoms with Crippen molar-refractivity contribution in [3.8, 4) is 5.75 Å². The smallest absolute Gasteiger partial charge is 0.161 e. The summed E-state index contributed by atoms with van der Waals surface area (Å²) in [6.45, 7) is 2.70. The van der Waals surface area contributed by atoms with Crippen molar-refractivity contribution >= 4 is 0 Å². The molecule has 2 heterocycles. The van der Waals surface area contributed by atoms with Gasteiger partial charge in [-0.15, -0.1) is 0 Å². The van der Waals surface area contributed by atoms with Crippen molar-refractivity contribution < 1.29 is 9.47 Å². The summed E-state index contributed by atoms with van der Waals surface area (Å²) in [6, 6.07) is 0.202. The van der Waals surface area contributed by atoms with Crippen LogP contribution in [-0.4, -0.2) is 62.2 Å². The van der Waals surface area contributed by atoms with Gasteiger partial charge in [-0.25, -0.2) is 0 Å². The molecule has 1 aliphatic heterocycles. The van der Waals surface area contributed by atoms with Crippen molar-refractivity contribution in [2.24, 2.45) is 0 Å². The van der Waals surface area contributed by atoms with E-state index in [1.165, 1.54) is 0 Å².